The first-order chi connectivity index (χ1) is 6.90. The first-order valence-corrected chi connectivity index (χ1v) is 6.18. The molecule has 0 unspecified atom stereocenters. The fourth-order valence-electron chi connectivity index (χ4n) is 0.798. The molecule has 0 fully saturated rings. The number of carbonyl (C=O) groups is 1. The SMILES string of the molecule is CCn1cc(OC(=O)NS(=O)(=O)Cl)cn1. The molecule has 15 heavy (non-hydrogen) atoms. The molecule has 0 aliphatic carbocycles. The molecule has 1 N–H and O–H groups in total. The third-order valence-electron chi connectivity index (χ3n) is 1.35. The zero-order valence-corrected chi connectivity index (χ0v) is 9.25. The van der Waals surface area contributed by atoms with Gasteiger partial charge in [-0.1, -0.05) is 0 Å². The number of carbonyl (C=O) groups excluding carboxylic acids is 1. The van der Waals surface area contributed by atoms with Crippen molar-refractivity contribution in [2.75, 3.05) is 0 Å². The van der Waals surface area contributed by atoms with Crippen LogP contribution in [0.5, 0.6) is 5.75 Å². The van der Waals surface area contributed by atoms with Gasteiger partial charge in [-0.3, -0.25) is 4.68 Å². The van der Waals surface area contributed by atoms with Gasteiger partial charge in [0.1, 0.15) is 0 Å². The number of rotatable bonds is 3. The van der Waals surface area contributed by atoms with Gasteiger partial charge in [0.2, 0.25) is 0 Å². The van der Waals surface area contributed by atoms with E-state index in [9.17, 15) is 13.2 Å². The molecule has 0 saturated heterocycles. The van der Waals surface area contributed by atoms with E-state index in [0.717, 1.165) is 0 Å². The Morgan fingerprint density at radius 1 is 1.73 bits per heavy atom. The summed E-state index contributed by atoms with van der Waals surface area (Å²) in [4.78, 5) is 10.9. The van der Waals surface area contributed by atoms with Crippen LogP contribution in [0.3, 0.4) is 0 Å². The van der Waals surface area contributed by atoms with E-state index in [0.29, 0.717) is 6.54 Å². The number of nitrogens with one attached hydrogen (secondary N) is 1. The molecule has 1 rings (SSSR count). The molecule has 1 aromatic rings. The van der Waals surface area contributed by atoms with Crippen molar-refractivity contribution in [3.05, 3.63) is 12.4 Å². The molecule has 0 saturated carbocycles. The van der Waals surface area contributed by atoms with E-state index in [-0.39, 0.29) is 5.75 Å². The van der Waals surface area contributed by atoms with Gasteiger partial charge in [-0.15, -0.1) is 0 Å². The summed E-state index contributed by atoms with van der Waals surface area (Å²) < 4.78 is 28.4. The summed E-state index contributed by atoms with van der Waals surface area (Å²) in [6.45, 7) is 2.46. The molecular weight excluding hydrogens is 246 g/mol. The van der Waals surface area contributed by atoms with Crippen LogP contribution in [0, 0.1) is 0 Å². The Labute approximate surface area is 90.5 Å². The molecular formula is C6H8ClN3O4S. The van der Waals surface area contributed by atoms with Gasteiger partial charge in [0, 0.05) is 17.2 Å². The molecule has 0 aliphatic rings. The Morgan fingerprint density at radius 3 is 2.87 bits per heavy atom. The molecule has 0 atom stereocenters. The lowest BCUT2D eigenvalue weighted by atomic mass is 10.6. The third-order valence-corrected chi connectivity index (χ3v) is 1.99. The van der Waals surface area contributed by atoms with Gasteiger partial charge in [0.25, 0.3) is 0 Å². The van der Waals surface area contributed by atoms with Crippen LogP contribution in [-0.4, -0.2) is 24.3 Å². The number of aryl methyl sites for hydroxylation is 1. The van der Waals surface area contributed by atoms with Crippen molar-refractivity contribution < 1.29 is 17.9 Å². The van der Waals surface area contributed by atoms with Crippen LogP contribution in [0.15, 0.2) is 12.4 Å². The smallest absolute Gasteiger partial charge is 0.406 e. The highest BCUT2D eigenvalue weighted by Crippen LogP contribution is 2.08. The maximum absolute atomic E-state index is 10.9. The number of nitrogens with zero attached hydrogens (tertiary/aromatic N) is 2. The minimum absolute atomic E-state index is 0.134. The number of aromatic nitrogens is 2. The maximum Gasteiger partial charge on any atom is 0.427 e. The molecule has 84 valence electrons. The number of hydrogen-bond acceptors (Lipinski definition) is 5. The topological polar surface area (TPSA) is 90.3 Å². The van der Waals surface area contributed by atoms with Crippen molar-refractivity contribution >= 4 is 26.0 Å². The van der Waals surface area contributed by atoms with Gasteiger partial charge in [-0.25, -0.2) is 9.52 Å². The van der Waals surface area contributed by atoms with Gasteiger partial charge in [0.15, 0.2) is 5.75 Å². The molecule has 0 bridgehead atoms. The van der Waals surface area contributed by atoms with Crippen molar-refractivity contribution in [1.82, 2.24) is 14.5 Å². The lowest BCUT2D eigenvalue weighted by Crippen LogP contribution is -2.29. The van der Waals surface area contributed by atoms with E-state index in [1.54, 1.807) is 0 Å². The summed E-state index contributed by atoms with van der Waals surface area (Å²) in [5, 5.41) is 3.81. The minimum Gasteiger partial charge on any atom is -0.406 e. The number of hydrogen-bond donors (Lipinski definition) is 1. The van der Waals surface area contributed by atoms with Crippen LogP contribution in [0.4, 0.5) is 4.79 Å². The predicted molar refractivity (Wildman–Crippen MR) is 51.8 cm³/mol. The monoisotopic (exact) mass is 253 g/mol. The molecule has 1 amide bonds. The highest BCUT2D eigenvalue weighted by molar-refractivity contribution is 8.12. The van der Waals surface area contributed by atoms with E-state index >= 15 is 0 Å². The second-order valence-corrected chi connectivity index (χ2v) is 4.76. The van der Waals surface area contributed by atoms with E-state index in [4.69, 9.17) is 10.7 Å². The normalized spacial score (nSPS) is 11.1. The van der Waals surface area contributed by atoms with Crippen LogP contribution in [0.25, 0.3) is 0 Å². The molecule has 0 aromatic carbocycles. The zero-order chi connectivity index (χ0) is 11.5. The van der Waals surface area contributed by atoms with E-state index in [2.05, 4.69) is 9.84 Å². The van der Waals surface area contributed by atoms with Gasteiger partial charge < -0.3 is 4.74 Å². The summed E-state index contributed by atoms with van der Waals surface area (Å²) in [5.74, 6) is 0.134. The Bertz CT molecular complexity index is 455. The van der Waals surface area contributed by atoms with Crippen LogP contribution in [-0.2, 0) is 15.8 Å². The Morgan fingerprint density at radius 2 is 2.40 bits per heavy atom. The van der Waals surface area contributed by atoms with Crippen molar-refractivity contribution in [3.63, 3.8) is 0 Å². The van der Waals surface area contributed by atoms with Crippen LogP contribution in [0.2, 0.25) is 0 Å². The molecule has 9 heteroatoms. The highest BCUT2D eigenvalue weighted by atomic mass is 35.7. The molecule has 0 radical (unpaired) electrons. The number of ether oxygens (including phenoxy) is 1. The van der Waals surface area contributed by atoms with Gasteiger partial charge in [-0.05, 0) is 6.92 Å². The van der Waals surface area contributed by atoms with Crippen LogP contribution in [0.1, 0.15) is 6.92 Å². The Kier molecular flexibility index (Phi) is 3.53. The second kappa shape index (κ2) is 4.49. The summed E-state index contributed by atoms with van der Waals surface area (Å²) in [5.41, 5.74) is 0. The lowest BCUT2D eigenvalue weighted by molar-refractivity contribution is 0.207. The van der Waals surface area contributed by atoms with E-state index in [1.165, 1.54) is 21.8 Å². The summed E-state index contributed by atoms with van der Waals surface area (Å²) in [6, 6.07) is 0. The predicted octanol–water partition coefficient (Wildman–Crippen LogP) is 0.475. The minimum atomic E-state index is -4.12. The molecule has 0 spiro atoms. The summed E-state index contributed by atoms with van der Waals surface area (Å²) in [6.07, 6.45) is 1.55. The standard InChI is InChI=1S/C6H8ClN3O4S/c1-2-10-4-5(3-8-10)14-6(11)9-15(7,12)13/h3-4H,2H2,1H3,(H,9,11). The first kappa shape index (κ1) is 11.8. The Balaban J connectivity index is 2.59. The molecule has 0 aliphatic heterocycles. The lowest BCUT2D eigenvalue weighted by Gasteiger charge is -2.00. The molecule has 7 nitrogen and oxygen atoms in total. The average Bonchev–Trinajstić information content (AvgIpc) is 2.48. The van der Waals surface area contributed by atoms with Gasteiger partial charge in [-0.2, -0.15) is 13.5 Å². The van der Waals surface area contributed by atoms with Crippen molar-refractivity contribution in [1.29, 1.82) is 0 Å². The molecule has 1 aromatic heterocycles. The zero-order valence-electron chi connectivity index (χ0n) is 7.68. The summed E-state index contributed by atoms with van der Waals surface area (Å²) in [7, 11) is 0.644. The van der Waals surface area contributed by atoms with Crippen molar-refractivity contribution in [2.45, 2.75) is 13.5 Å². The third kappa shape index (κ3) is 4.17. The van der Waals surface area contributed by atoms with E-state index in [1.807, 2.05) is 6.92 Å². The molecule has 1 heterocycles. The largest absolute Gasteiger partial charge is 0.427 e. The second-order valence-electron chi connectivity index (χ2n) is 2.46. The summed E-state index contributed by atoms with van der Waals surface area (Å²) >= 11 is 0. The quantitative estimate of drug-likeness (QED) is 0.791. The maximum atomic E-state index is 10.9. The van der Waals surface area contributed by atoms with Gasteiger partial charge in [0.05, 0.1) is 12.4 Å². The highest BCUT2D eigenvalue weighted by Gasteiger charge is 2.13. The van der Waals surface area contributed by atoms with E-state index < -0.39 is 15.3 Å². The fourth-order valence-corrected chi connectivity index (χ4v) is 1.23. The Hall–Kier alpha value is -1.28. The van der Waals surface area contributed by atoms with Crippen LogP contribution < -0.4 is 9.46 Å². The average molecular weight is 254 g/mol. The van der Waals surface area contributed by atoms with Crippen molar-refractivity contribution in [2.24, 2.45) is 0 Å². The first-order valence-electron chi connectivity index (χ1n) is 3.87. The fraction of sp³-hybridized carbons (Fsp3) is 0.333. The number of amides is 1. The number of halogens is 1. The van der Waals surface area contributed by atoms with Crippen molar-refractivity contribution in [3.8, 4) is 5.75 Å². The van der Waals surface area contributed by atoms with Crippen LogP contribution >= 0.6 is 10.7 Å². The van der Waals surface area contributed by atoms with Gasteiger partial charge >= 0.3 is 15.3 Å².